The van der Waals surface area contributed by atoms with E-state index in [1.807, 2.05) is 20.8 Å². The highest BCUT2D eigenvalue weighted by atomic mass is 16.6. The Bertz CT molecular complexity index is 307. The molecule has 1 saturated heterocycles. The van der Waals surface area contributed by atoms with Gasteiger partial charge >= 0.3 is 6.09 Å². The fraction of sp³-hybridized carbons (Fsp3) is 0.929. The van der Waals surface area contributed by atoms with Crippen LogP contribution < -0.4 is 0 Å². The molecule has 0 aromatic rings. The molecule has 1 unspecified atom stereocenters. The number of likely N-dealkylation sites (tertiary alicyclic amines) is 1. The zero-order valence-corrected chi connectivity index (χ0v) is 11.7. The minimum atomic E-state index is -0.443. The summed E-state index contributed by atoms with van der Waals surface area (Å²) in [6, 6.07) is 0. The Balaban J connectivity index is 1.78. The first kappa shape index (κ1) is 13.7. The minimum absolute atomic E-state index is 0.234. The molecule has 0 aromatic heterocycles. The molecule has 1 N–H and O–H groups in total. The van der Waals surface area contributed by atoms with Gasteiger partial charge < -0.3 is 14.7 Å². The highest BCUT2D eigenvalue weighted by Gasteiger charge is 2.35. The van der Waals surface area contributed by atoms with Gasteiger partial charge in [0.2, 0.25) is 0 Å². The second-order valence-electron chi connectivity index (χ2n) is 6.72. The van der Waals surface area contributed by atoms with Crippen molar-refractivity contribution in [3.05, 3.63) is 0 Å². The van der Waals surface area contributed by atoms with Gasteiger partial charge in [-0.25, -0.2) is 4.79 Å². The fourth-order valence-corrected chi connectivity index (χ4v) is 2.48. The van der Waals surface area contributed by atoms with Crippen molar-refractivity contribution < 1.29 is 14.6 Å². The summed E-state index contributed by atoms with van der Waals surface area (Å²) in [7, 11) is 0. The Kier molecular flexibility index (Phi) is 3.85. The molecule has 1 saturated carbocycles. The van der Waals surface area contributed by atoms with E-state index in [-0.39, 0.29) is 18.1 Å². The van der Waals surface area contributed by atoms with Crippen LogP contribution in [0.25, 0.3) is 0 Å². The van der Waals surface area contributed by atoms with Crippen LogP contribution in [-0.2, 0) is 4.74 Å². The average molecular weight is 255 g/mol. The smallest absolute Gasteiger partial charge is 0.410 e. The van der Waals surface area contributed by atoms with Crippen LogP contribution >= 0.6 is 0 Å². The predicted molar refractivity (Wildman–Crippen MR) is 69.3 cm³/mol. The van der Waals surface area contributed by atoms with E-state index < -0.39 is 5.60 Å². The standard InChI is InChI=1S/C14H25NO3/c1-14(2,3)18-13(17)15-7-6-11(9-15)12(16)8-10-4-5-10/h10-12,16H,4-9H2,1-3H3/t11-,12?/m0/s1. The molecule has 0 bridgehead atoms. The van der Waals surface area contributed by atoms with Gasteiger partial charge in [0.15, 0.2) is 0 Å². The minimum Gasteiger partial charge on any atom is -0.444 e. The first-order valence-electron chi connectivity index (χ1n) is 7.01. The third-order valence-corrected chi connectivity index (χ3v) is 3.69. The third-order valence-electron chi connectivity index (χ3n) is 3.69. The van der Waals surface area contributed by atoms with Crippen molar-refractivity contribution in [2.45, 2.75) is 58.2 Å². The lowest BCUT2D eigenvalue weighted by Gasteiger charge is -2.25. The first-order chi connectivity index (χ1) is 8.35. The number of nitrogens with zero attached hydrogens (tertiary/aromatic N) is 1. The van der Waals surface area contributed by atoms with E-state index in [1.54, 1.807) is 4.90 Å². The van der Waals surface area contributed by atoms with E-state index >= 15 is 0 Å². The van der Waals surface area contributed by atoms with Crippen molar-refractivity contribution in [1.29, 1.82) is 0 Å². The maximum absolute atomic E-state index is 11.9. The van der Waals surface area contributed by atoms with Crippen LogP contribution in [0.1, 0.15) is 46.5 Å². The molecule has 4 nitrogen and oxygen atoms in total. The molecule has 0 aromatic carbocycles. The number of amides is 1. The molecular weight excluding hydrogens is 230 g/mol. The first-order valence-corrected chi connectivity index (χ1v) is 7.01. The summed E-state index contributed by atoms with van der Waals surface area (Å²) >= 11 is 0. The molecule has 104 valence electrons. The van der Waals surface area contributed by atoms with Crippen molar-refractivity contribution in [2.24, 2.45) is 11.8 Å². The van der Waals surface area contributed by atoms with Gasteiger partial charge in [-0.15, -0.1) is 0 Å². The maximum atomic E-state index is 11.9. The van der Waals surface area contributed by atoms with Crippen LogP contribution in [0.5, 0.6) is 0 Å². The number of rotatable bonds is 3. The Hall–Kier alpha value is -0.770. The normalized spacial score (nSPS) is 26.2. The van der Waals surface area contributed by atoms with Crippen molar-refractivity contribution in [3.63, 3.8) is 0 Å². The zero-order chi connectivity index (χ0) is 13.3. The molecule has 2 fully saturated rings. The van der Waals surface area contributed by atoms with Gasteiger partial charge in [0.05, 0.1) is 6.10 Å². The summed E-state index contributed by atoms with van der Waals surface area (Å²) < 4.78 is 5.35. The van der Waals surface area contributed by atoms with E-state index in [0.717, 1.165) is 18.8 Å². The SMILES string of the molecule is CC(C)(C)OC(=O)N1CC[C@H](C(O)CC2CC2)C1. The van der Waals surface area contributed by atoms with Crippen molar-refractivity contribution >= 4 is 6.09 Å². The van der Waals surface area contributed by atoms with E-state index in [9.17, 15) is 9.90 Å². The molecule has 2 atom stereocenters. The van der Waals surface area contributed by atoms with Crippen LogP contribution in [-0.4, -0.2) is 40.9 Å². The van der Waals surface area contributed by atoms with E-state index in [0.29, 0.717) is 13.1 Å². The lowest BCUT2D eigenvalue weighted by Crippen LogP contribution is -2.36. The maximum Gasteiger partial charge on any atom is 0.410 e. The molecule has 0 radical (unpaired) electrons. The average Bonchev–Trinajstić information content (AvgIpc) is 2.91. The Morgan fingerprint density at radius 3 is 2.61 bits per heavy atom. The number of aliphatic hydroxyl groups excluding tert-OH is 1. The van der Waals surface area contributed by atoms with Gasteiger partial charge in [0.1, 0.15) is 5.60 Å². The molecule has 1 amide bonds. The molecule has 2 aliphatic rings. The number of ether oxygens (including phenoxy) is 1. The van der Waals surface area contributed by atoms with E-state index in [4.69, 9.17) is 4.74 Å². The van der Waals surface area contributed by atoms with Crippen LogP contribution in [0.4, 0.5) is 4.79 Å². The van der Waals surface area contributed by atoms with Crippen LogP contribution in [0, 0.1) is 11.8 Å². The van der Waals surface area contributed by atoms with Gasteiger partial charge in [0, 0.05) is 19.0 Å². The number of hydrogen-bond donors (Lipinski definition) is 1. The molecule has 1 aliphatic heterocycles. The van der Waals surface area contributed by atoms with Gasteiger partial charge in [-0.3, -0.25) is 0 Å². The summed E-state index contributed by atoms with van der Waals surface area (Å²) in [6.45, 7) is 6.98. The van der Waals surface area contributed by atoms with Gasteiger partial charge in [-0.1, -0.05) is 12.8 Å². The fourth-order valence-electron chi connectivity index (χ4n) is 2.48. The quantitative estimate of drug-likeness (QED) is 0.842. The summed E-state index contributed by atoms with van der Waals surface area (Å²) in [5.74, 6) is 0.966. The number of hydrogen-bond acceptors (Lipinski definition) is 3. The highest BCUT2D eigenvalue weighted by molar-refractivity contribution is 5.68. The number of carbonyl (C=O) groups is 1. The molecule has 4 heteroatoms. The molecule has 2 rings (SSSR count). The van der Waals surface area contributed by atoms with Crippen molar-refractivity contribution in [1.82, 2.24) is 4.90 Å². The lowest BCUT2D eigenvalue weighted by molar-refractivity contribution is 0.0265. The predicted octanol–water partition coefficient (Wildman–Crippen LogP) is 2.40. The molecule has 1 heterocycles. The molecule has 0 spiro atoms. The summed E-state index contributed by atoms with van der Waals surface area (Å²) in [5.41, 5.74) is -0.443. The van der Waals surface area contributed by atoms with Gasteiger partial charge in [0.25, 0.3) is 0 Å². The van der Waals surface area contributed by atoms with Gasteiger partial charge in [-0.05, 0) is 39.5 Å². The highest BCUT2D eigenvalue weighted by Crippen LogP contribution is 2.36. The second kappa shape index (κ2) is 5.08. The van der Waals surface area contributed by atoms with Crippen molar-refractivity contribution in [2.75, 3.05) is 13.1 Å². The van der Waals surface area contributed by atoms with E-state index in [1.165, 1.54) is 12.8 Å². The Morgan fingerprint density at radius 2 is 2.06 bits per heavy atom. The molecule has 1 aliphatic carbocycles. The lowest BCUT2D eigenvalue weighted by atomic mass is 9.97. The third kappa shape index (κ3) is 3.87. The number of carbonyl (C=O) groups excluding carboxylic acids is 1. The van der Waals surface area contributed by atoms with E-state index in [2.05, 4.69) is 0 Å². The molecule has 18 heavy (non-hydrogen) atoms. The Labute approximate surface area is 109 Å². The molecular formula is C14H25NO3. The van der Waals surface area contributed by atoms with Crippen LogP contribution in [0.15, 0.2) is 0 Å². The zero-order valence-electron chi connectivity index (χ0n) is 11.7. The second-order valence-corrected chi connectivity index (χ2v) is 6.72. The van der Waals surface area contributed by atoms with Crippen LogP contribution in [0.2, 0.25) is 0 Å². The van der Waals surface area contributed by atoms with Gasteiger partial charge in [-0.2, -0.15) is 0 Å². The van der Waals surface area contributed by atoms with Crippen molar-refractivity contribution in [3.8, 4) is 0 Å². The summed E-state index contributed by atoms with van der Waals surface area (Å²) in [6.07, 6.45) is 3.84. The summed E-state index contributed by atoms with van der Waals surface area (Å²) in [4.78, 5) is 13.6. The Morgan fingerprint density at radius 1 is 1.39 bits per heavy atom. The largest absolute Gasteiger partial charge is 0.444 e. The number of aliphatic hydroxyl groups is 1. The monoisotopic (exact) mass is 255 g/mol. The topological polar surface area (TPSA) is 49.8 Å². The van der Waals surface area contributed by atoms with Crippen LogP contribution in [0.3, 0.4) is 0 Å². The summed E-state index contributed by atoms with van der Waals surface area (Å²) in [5, 5.41) is 10.1.